The quantitative estimate of drug-likeness (QED) is 0.593. The highest BCUT2D eigenvalue weighted by Gasteiger charge is 2.31. The van der Waals surface area contributed by atoms with Gasteiger partial charge < -0.3 is 10.1 Å². The Hall–Kier alpha value is -3.53. The smallest absolute Gasteiger partial charge is 0.406 e. The van der Waals surface area contributed by atoms with E-state index < -0.39 is 28.0 Å². The molecule has 3 aromatic carbocycles. The molecule has 0 aliphatic carbocycles. The van der Waals surface area contributed by atoms with Crippen LogP contribution in [0.4, 0.5) is 24.5 Å². The number of sulfonamides is 1. The van der Waals surface area contributed by atoms with Crippen LogP contribution in [0.1, 0.15) is 10.4 Å². The van der Waals surface area contributed by atoms with Gasteiger partial charge in [0.25, 0.3) is 15.9 Å². The van der Waals surface area contributed by atoms with Crippen molar-refractivity contribution < 1.29 is 31.1 Å². The van der Waals surface area contributed by atoms with Gasteiger partial charge in [0.15, 0.2) is 0 Å². The van der Waals surface area contributed by atoms with Crippen molar-refractivity contribution in [3.8, 4) is 5.75 Å². The van der Waals surface area contributed by atoms with Crippen LogP contribution in [0.15, 0.2) is 83.8 Å². The van der Waals surface area contributed by atoms with Crippen LogP contribution < -0.4 is 14.4 Å². The number of alkyl halides is 3. The van der Waals surface area contributed by atoms with Crippen molar-refractivity contribution in [2.75, 3.05) is 16.7 Å². The molecule has 3 aromatic rings. The Balaban J connectivity index is 1.69. The molecule has 0 bridgehead atoms. The minimum Gasteiger partial charge on any atom is -0.406 e. The summed E-state index contributed by atoms with van der Waals surface area (Å²) in [6, 6.07) is 18.5. The number of nitrogens with zero attached hydrogens (tertiary/aromatic N) is 1. The SMILES string of the molecule is CN(c1ccc(C(=O)Nc2ccc(OC(F)(F)F)cc2)cc1)S(=O)(=O)c1ccccc1. The first kappa shape index (κ1) is 22.2. The molecular formula is C21H17F3N2O4S. The first-order chi connectivity index (χ1) is 14.6. The zero-order valence-corrected chi connectivity index (χ0v) is 16.9. The van der Waals surface area contributed by atoms with Gasteiger partial charge in [-0.25, -0.2) is 8.42 Å². The molecule has 6 nitrogen and oxygen atoms in total. The maximum atomic E-state index is 12.7. The standard InChI is InChI=1S/C21H17F3N2O4S/c1-26(31(28,29)19-5-3-2-4-6-19)17-11-7-15(8-12-17)20(27)25-16-9-13-18(14-10-16)30-21(22,23)24/h2-14H,1H3,(H,25,27). The Kier molecular flexibility index (Phi) is 6.21. The van der Waals surface area contributed by atoms with Gasteiger partial charge in [-0.2, -0.15) is 0 Å². The molecule has 0 aliphatic rings. The van der Waals surface area contributed by atoms with Crippen molar-refractivity contribution in [3.63, 3.8) is 0 Å². The van der Waals surface area contributed by atoms with E-state index in [1.165, 1.54) is 55.6 Å². The number of amides is 1. The van der Waals surface area contributed by atoms with Crippen LogP contribution in [0.25, 0.3) is 0 Å². The van der Waals surface area contributed by atoms with Gasteiger partial charge in [0.2, 0.25) is 0 Å². The largest absolute Gasteiger partial charge is 0.573 e. The summed E-state index contributed by atoms with van der Waals surface area (Å²) < 4.78 is 66.8. The highest BCUT2D eigenvalue weighted by Crippen LogP contribution is 2.25. The van der Waals surface area contributed by atoms with Crippen LogP contribution in [0.3, 0.4) is 0 Å². The molecule has 0 heterocycles. The molecule has 31 heavy (non-hydrogen) atoms. The molecule has 0 fully saturated rings. The van der Waals surface area contributed by atoms with Gasteiger partial charge in [-0.05, 0) is 60.7 Å². The third-order valence-electron chi connectivity index (χ3n) is 4.24. The Morgan fingerprint density at radius 1 is 0.903 bits per heavy atom. The molecule has 0 aliphatic heterocycles. The van der Waals surface area contributed by atoms with Crippen LogP contribution in [-0.4, -0.2) is 27.7 Å². The number of hydrogen-bond donors (Lipinski definition) is 1. The van der Waals surface area contributed by atoms with Gasteiger partial charge in [-0.15, -0.1) is 13.2 Å². The van der Waals surface area contributed by atoms with Crippen LogP contribution in [0.5, 0.6) is 5.75 Å². The van der Waals surface area contributed by atoms with Gasteiger partial charge in [0.1, 0.15) is 5.75 Å². The van der Waals surface area contributed by atoms with E-state index in [-0.39, 0.29) is 16.1 Å². The normalized spacial score (nSPS) is 11.6. The van der Waals surface area contributed by atoms with Crippen LogP contribution in [-0.2, 0) is 10.0 Å². The summed E-state index contributed by atoms with van der Waals surface area (Å²) in [5.74, 6) is -0.915. The average molecular weight is 450 g/mol. The zero-order chi connectivity index (χ0) is 22.6. The number of anilines is 2. The molecule has 0 unspecified atom stereocenters. The third kappa shape index (κ3) is 5.54. The van der Waals surface area contributed by atoms with Crippen molar-refractivity contribution in [1.29, 1.82) is 0 Å². The maximum Gasteiger partial charge on any atom is 0.573 e. The van der Waals surface area contributed by atoms with Crippen molar-refractivity contribution in [3.05, 3.63) is 84.4 Å². The molecule has 0 atom stereocenters. The fraction of sp³-hybridized carbons (Fsp3) is 0.0952. The number of benzene rings is 3. The van der Waals surface area contributed by atoms with E-state index in [0.29, 0.717) is 5.69 Å². The fourth-order valence-electron chi connectivity index (χ4n) is 2.66. The second-order valence-electron chi connectivity index (χ2n) is 6.36. The summed E-state index contributed by atoms with van der Waals surface area (Å²) >= 11 is 0. The van der Waals surface area contributed by atoms with Crippen molar-refractivity contribution in [1.82, 2.24) is 0 Å². The molecule has 0 radical (unpaired) electrons. The van der Waals surface area contributed by atoms with Crippen LogP contribution in [0, 0.1) is 0 Å². The number of hydrogen-bond acceptors (Lipinski definition) is 4. The molecule has 10 heteroatoms. The molecule has 0 saturated heterocycles. The fourth-order valence-corrected chi connectivity index (χ4v) is 3.87. The second-order valence-corrected chi connectivity index (χ2v) is 8.33. The lowest BCUT2D eigenvalue weighted by molar-refractivity contribution is -0.274. The molecule has 0 aromatic heterocycles. The van der Waals surface area contributed by atoms with E-state index in [0.717, 1.165) is 16.4 Å². The van der Waals surface area contributed by atoms with E-state index in [1.807, 2.05) is 0 Å². The number of nitrogens with one attached hydrogen (secondary N) is 1. The lowest BCUT2D eigenvalue weighted by Crippen LogP contribution is -2.26. The minimum absolute atomic E-state index is 0.136. The summed E-state index contributed by atoms with van der Waals surface area (Å²) in [5, 5.41) is 2.55. The van der Waals surface area contributed by atoms with Gasteiger partial charge in [0, 0.05) is 18.3 Å². The van der Waals surface area contributed by atoms with Gasteiger partial charge >= 0.3 is 6.36 Å². The Labute approximate surface area is 176 Å². The number of halogens is 3. The maximum absolute atomic E-state index is 12.7. The Morgan fingerprint density at radius 3 is 2.03 bits per heavy atom. The van der Waals surface area contributed by atoms with Crippen molar-refractivity contribution in [2.24, 2.45) is 0 Å². The van der Waals surface area contributed by atoms with Crippen molar-refractivity contribution >= 4 is 27.3 Å². The van der Waals surface area contributed by atoms with Gasteiger partial charge in [-0.1, -0.05) is 18.2 Å². The van der Waals surface area contributed by atoms with Gasteiger partial charge in [-0.3, -0.25) is 9.10 Å². The third-order valence-corrected chi connectivity index (χ3v) is 6.04. The number of ether oxygens (including phenoxy) is 1. The Bertz CT molecular complexity index is 1150. The minimum atomic E-state index is -4.80. The predicted molar refractivity (Wildman–Crippen MR) is 110 cm³/mol. The zero-order valence-electron chi connectivity index (χ0n) is 16.1. The average Bonchev–Trinajstić information content (AvgIpc) is 2.74. The van der Waals surface area contributed by atoms with E-state index in [4.69, 9.17) is 0 Å². The van der Waals surface area contributed by atoms with E-state index in [9.17, 15) is 26.4 Å². The monoisotopic (exact) mass is 450 g/mol. The van der Waals surface area contributed by atoms with Gasteiger partial charge in [0.05, 0.1) is 10.6 Å². The molecule has 1 amide bonds. The molecular weight excluding hydrogens is 433 g/mol. The lowest BCUT2D eigenvalue weighted by Gasteiger charge is -2.19. The molecule has 1 N–H and O–H groups in total. The van der Waals surface area contributed by atoms with Crippen molar-refractivity contribution in [2.45, 2.75) is 11.3 Å². The molecule has 0 saturated carbocycles. The van der Waals surface area contributed by atoms with Crippen LogP contribution >= 0.6 is 0 Å². The van der Waals surface area contributed by atoms with Crippen LogP contribution in [0.2, 0.25) is 0 Å². The highest BCUT2D eigenvalue weighted by molar-refractivity contribution is 7.92. The lowest BCUT2D eigenvalue weighted by atomic mass is 10.2. The first-order valence-corrected chi connectivity index (χ1v) is 10.3. The molecule has 0 spiro atoms. The number of carbonyl (C=O) groups is 1. The molecule has 3 rings (SSSR count). The topological polar surface area (TPSA) is 75.7 Å². The summed E-state index contributed by atoms with van der Waals surface area (Å²) in [6.07, 6.45) is -4.80. The summed E-state index contributed by atoms with van der Waals surface area (Å²) in [6.45, 7) is 0. The summed E-state index contributed by atoms with van der Waals surface area (Å²) in [5.41, 5.74) is 0.867. The predicted octanol–water partition coefficient (Wildman–Crippen LogP) is 4.66. The first-order valence-electron chi connectivity index (χ1n) is 8.87. The summed E-state index contributed by atoms with van der Waals surface area (Å²) in [7, 11) is -2.35. The molecule has 162 valence electrons. The number of carbonyl (C=O) groups excluding carboxylic acids is 1. The van der Waals surface area contributed by atoms with E-state index >= 15 is 0 Å². The highest BCUT2D eigenvalue weighted by atomic mass is 32.2. The summed E-state index contributed by atoms with van der Waals surface area (Å²) in [4.78, 5) is 12.5. The van der Waals surface area contributed by atoms with E-state index in [2.05, 4.69) is 10.1 Å². The van der Waals surface area contributed by atoms with E-state index in [1.54, 1.807) is 18.2 Å². The Morgan fingerprint density at radius 2 is 1.48 bits per heavy atom. The number of rotatable bonds is 6. The second kappa shape index (κ2) is 8.68.